The fourth-order valence-corrected chi connectivity index (χ4v) is 2.27. The Morgan fingerprint density at radius 2 is 2.06 bits per heavy atom. The van der Waals surface area contributed by atoms with Crippen LogP contribution >= 0.6 is 15.9 Å². The summed E-state index contributed by atoms with van der Waals surface area (Å²) in [6, 6.07) is 6.05. The van der Waals surface area contributed by atoms with Gasteiger partial charge in [-0.05, 0) is 37.2 Å². The molecule has 0 atom stereocenters. The van der Waals surface area contributed by atoms with Gasteiger partial charge < -0.3 is 10.5 Å². The van der Waals surface area contributed by atoms with E-state index in [2.05, 4.69) is 33.8 Å². The highest BCUT2D eigenvalue weighted by atomic mass is 79.9. The molecule has 4 heteroatoms. The van der Waals surface area contributed by atoms with Crippen molar-refractivity contribution in [3.63, 3.8) is 0 Å². The molecule has 1 aromatic carbocycles. The van der Waals surface area contributed by atoms with Crippen molar-refractivity contribution < 1.29 is 4.74 Å². The number of hydrogen-bond donors (Lipinski definition) is 1. The number of halogens is 1. The van der Waals surface area contributed by atoms with Gasteiger partial charge in [-0.25, -0.2) is 0 Å². The maximum Gasteiger partial charge on any atom is 0.0593 e. The van der Waals surface area contributed by atoms with E-state index in [4.69, 9.17) is 10.5 Å². The van der Waals surface area contributed by atoms with Crippen molar-refractivity contribution in [2.45, 2.75) is 20.4 Å². The molecule has 1 aromatic rings. The van der Waals surface area contributed by atoms with E-state index < -0.39 is 0 Å². The molecule has 0 spiro atoms. The van der Waals surface area contributed by atoms with Crippen LogP contribution in [-0.2, 0) is 11.3 Å². The average molecular weight is 301 g/mol. The van der Waals surface area contributed by atoms with E-state index in [0.29, 0.717) is 0 Å². The molecule has 0 bridgehead atoms. The molecule has 96 valence electrons. The molecule has 0 amide bonds. The van der Waals surface area contributed by atoms with Crippen LogP contribution in [0.2, 0.25) is 0 Å². The van der Waals surface area contributed by atoms with E-state index in [9.17, 15) is 0 Å². The standard InChI is InChI=1S/C13H21BrN2O/c1-3-16(5-6-17-4-2)10-11-7-12(14)9-13(15)8-11/h7-9H,3-6,10,15H2,1-2H3. The number of likely N-dealkylation sites (N-methyl/N-ethyl adjacent to an activating group) is 1. The number of benzene rings is 1. The van der Waals surface area contributed by atoms with Crippen LogP contribution in [0.4, 0.5) is 5.69 Å². The summed E-state index contributed by atoms with van der Waals surface area (Å²) < 4.78 is 6.41. The van der Waals surface area contributed by atoms with Gasteiger partial charge in [-0.2, -0.15) is 0 Å². The van der Waals surface area contributed by atoms with Gasteiger partial charge in [-0.3, -0.25) is 4.90 Å². The Labute approximate surface area is 112 Å². The highest BCUT2D eigenvalue weighted by Gasteiger charge is 2.05. The van der Waals surface area contributed by atoms with E-state index >= 15 is 0 Å². The maximum atomic E-state index is 5.83. The summed E-state index contributed by atoms with van der Waals surface area (Å²) in [6.45, 7) is 8.62. The topological polar surface area (TPSA) is 38.5 Å². The molecule has 0 fully saturated rings. The lowest BCUT2D eigenvalue weighted by atomic mass is 10.2. The average Bonchev–Trinajstić information content (AvgIpc) is 2.26. The molecule has 0 aliphatic carbocycles. The summed E-state index contributed by atoms with van der Waals surface area (Å²) in [5.74, 6) is 0. The lowest BCUT2D eigenvalue weighted by Crippen LogP contribution is -2.27. The van der Waals surface area contributed by atoms with Crippen molar-refractivity contribution in [3.05, 3.63) is 28.2 Å². The fraction of sp³-hybridized carbons (Fsp3) is 0.538. The normalized spacial score (nSPS) is 11.1. The van der Waals surface area contributed by atoms with Gasteiger partial charge >= 0.3 is 0 Å². The summed E-state index contributed by atoms with van der Waals surface area (Å²) in [4.78, 5) is 2.34. The predicted molar refractivity (Wildman–Crippen MR) is 76.0 cm³/mol. The fourth-order valence-electron chi connectivity index (χ4n) is 1.71. The highest BCUT2D eigenvalue weighted by Crippen LogP contribution is 2.18. The van der Waals surface area contributed by atoms with Gasteiger partial charge in [0.1, 0.15) is 0 Å². The van der Waals surface area contributed by atoms with Crippen LogP contribution < -0.4 is 5.73 Å². The van der Waals surface area contributed by atoms with E-state index in [0.717, 1.165) is 43.0 Å². The molecular formula is C13H21BrN2O. The molecular weight excluding hydrogens is 280 g/mol. The van der Waals surface area contributed by atoms with Gasteiger partial charge in [0.25, 0.3) is 0 Å². The van der Waals surface area contributed by atoms with Gasteiger partial charge in [-0.1, -0.05) is 22.9 Å². The minimum absolute atomic E-state index is 0.779. The Morgan fingerprint density at radius 3 is 2.65 bits per heavy atom. The third-order valence-electron chi connectivity index (χ3n) is 2.59. The first-order valence-electron chi connectivity index (χ1n) is 6.00. The zero-order valence-corrected chi connectivity index (χ0v) is 12.2. The van der Waals surface area contributed by atoms with Crippen LogP contribution in [-0.4, -0.2) is 31.2 Å². The number of rotatable bonds is 7. The monoisotopic (exact) mass is 300 g/mol. The Hall–Kier alpha value is -0.580. The maximum absolute atomic E-state index is 5.83. The molecule has 0 radical (unpaired) electrons. The first-order chi connectivity index (χ1) is 8.15. The minimum Gasteiger partial charge on any atom is -0.399 e. The van der Waals surface area contributed by atoms with Crippen molar-refractivity contribution >= 4 is 21.6 Å². The molecule has 0 saturated carbocycles. The van der Waals surface area contributed by atoms with E-state index in [1.165, 1.54) is 5.56 Å². The molecule has 0 unspecified atom stereocenters. The van der Waals surface area contributed by atoms with Crippen LogP contribution in [0.15, 0.2) is 22.7 Å². The number of hydrogen-bond acceptors (Lipinski definition) is 3. The molecule has 0 saturated heterocycles. The zero-order chi connectivity index (χ0) is 12.7. The molecule has 17 heavy (non-hydrogen) atoms. The quantitative estimate of drug-likeness (QED) is 0.621. The summed E-state index contributed by atoms with van der Waals surface area (Å²) in [6.07, 6.45) is 0. The predicted octanol–water partition coefficient (Wildman–Crippen LogP) is 2.89. The van der Waals surface area contributed by atoms with E-state index in [1.54, 1.807) is 0 Å². The second-order valence-corrected chi connectivity index (χ2v) is 4.87. The third kappa shape index (κ3) is 5.52. The Balaban J connectivity index is 2.54. The molecule has 0 aliphatic rings. The van der Waals surface area contributed by atoms with Gasteiger partial charge in [-0.15, -0.1) is 0 Å². The number of nitrogen functional groups attached to an aromatic ring is 1. The van der Waals surface area contributed by atoms with Crippen LogP contribution in [0.1, 0.15) is 19.4 Å². The Morgan fingerprint density at radius 1 is 1.29 bits per heavy atom. The highest BCUT2D eigenvalue weighted by molar-refractivity contribution is 9.10. The summed E-state index contributed by atoms with van der Waals surface area (Å²) in [5.41, 5.74) is 7.86. The SMILES string of the molecule is CCOCCN(CC)Cc1cc(N)cc(Br)c1. The van der Waals surface area contributed by atoms with Gasteiger partial charge in [0.15, 0.2) is 0 Å². The van der Waals surface area contributed by atoms with Crippen molar-refractivity contribution in [2.24, 2.45) is 0 Å². The number of nitrogens with zero attached hydrogens (tertiary/aromatic N) is 1. The number of anilines is 1. The molecule has 0 aromatic heterocycles. The third-order valence-corrected chi connectivity index (χ3v) is 3.05. The van der Waals surface area contributed by atoms with E-state index in [-0.39, 0.29) is 0 Å². The van der Waals surface area contributed by atoms with Crippen LogP contribution in [0.3, 0.4) is 0 Å². The van der Waals surface area contributed by atoms with Crippen molar-refractivity contribution in [3.8, 4) is 0 Å². The molecule has 1 rings (SSSR count). The molecule has 0 heterocycles. The van der Waals surface area contributed by atoms with Gasteiger partial charge in [0, 0.05) is 29.9 Å². The summed E-state index contributed by atoms with van der Waals surface area (Å²) in [7, 11) is 0. The van der Waals surface area contributed by atoms with E-state index in [1.807, 2.05) is 19.1 Å². The second kappa shape index (κ2) is 7.69. The van der Waals surface area contributed by atoms with Crippen molar-refractivity contribution in [1.82, 2.24) is 4.90 Å². The zero-order valence-electron chi connectivity index (χ0n) is 10.6. The Bertz CT molecular complexity index is 324. The van der Waals surface area contributed by atoms with Crippen molar-refractivity contribution in [2.75, 3.05) is 32.0 Å². The van der Waals surface area contributed by atoms with Gasteiger partial charge in [0.05, 0.1) is 6.61 Å². The van der Waals surface area contributed by atoms with Crippen LogP contribution in [0, 0.1) is 0 Å². The first kappa shape index (κ1) is 14.5. The van der Waals surface area contributed by atoms with Crippen LogP contribution in [0.5, 0.6) is 0 Å². The summed E-state index contributed by atoms with van der Waals surface area (Å²) in [5, 5.41) is 0. The molecule has 2 N–H and O–H groups in total. The largest absolute Gasteiger partial charge is 0.399 e. The first-order valence-corrected chi connectivity index (χ1v) is 6.80. The lowest BCUT2D eigenvalue weighted by molar-refractivity contribution is 0.113. The number of nitrogens with two attached hydrogens (primary N) is 1. The minimum atomic E-state index is 0.779. The molecule has 3 nitrogen and oxygen atoms in total. The summed E-state index contributed by atoms with van der Waals surface area (Å²) >= 11 is 3.47. The number of ether oxygens (including phenoxy) is 1. The smallest absolute Gasteiger partial charge is 0.0593 e. The molecule has 0 aliphatic heterocycles. The van der Waals surface area contributed by atoms with Gasteiger partial charge in [0.2, 0.25) is 0 Å². The van der Waals surface area contributed by atoms with Crippen LogP contribution in [0.25, 0.3) is 0 Å². The second-order valence-electron chi connectivity index (χ2n) is 3.96. The van der Waals surface area contributed by atoms with Crippen molar-refractivity contribution in [1.29, 1.82) is 0 Å². The Kier molecular flexibility index (Phi) is 6.55. The lowest BCUT2D eigenvalue weighted by Gasteiger charge is -2.20.